The predicted octanol–water partition coefficient (Wildman–Crippen LogP) is 3.79. The largest absolute Gasteiger partial charge is 0.506 e. The maximum Gasteiger partial charge on any atom is 0.255 e. The minimum Gasteiger partial charge on any atom is -0.506 e. The second-order valence-corrected chi connectivity index (χ2v) is 8.77. The average molecular weight is 386 g/mol. The normalized spacial score (nSPS) is 13.9. The Hall–Kier alpha value is -2.25. The minimum atomic E-state index is -0.414. The Morgan fingerprint density at radius 3 is 2.77 bits per heavy atom. The van der Waals surface area contributed by atoms with Crippen LogP contribution in [-0.4, -0.2) is 22.0 Å². The van der Waals surface area contributed by atoms with Gasteiger partial charge in [-0.3, -0.25) is 9.59 Å². The molecule has 1 fully saturated rings. The van der Waals surface area contributed by atoms with E-state index in [0.29, 0.717) is 21.5 Å². The highest BCUT2D eigenvalue weighted by atomic mass is 32.2. The summed E-state index contributed by atoms with van der Waals surface area (Å²) in [5.41, 5.74) is 2.83. The predicted molar refractivity (Wildman–Crippen MR) is 105 cm³/mol. The van der Waals surface area contributed by atoms with Crippen LogP contribution < -0.4 is 10.9 Å². The summed E-state index contributed by atoms with van der Waals surface area (Å²) in [6.45, 7) is 2.04. The Labute approximate surface area is 158 Å². The monoisotopic (exact) mass is 386 g/mol. The molecule has 1 aromatic carbocycles. The number of thioether (sulfide) groups is 1. The number of H-pyrrole nitrogens is 1. The van der Waals surface area contributed by atoms with Crippen molar-refractivity contribution in [3.8, 4) is 5.75 Å². The van der Waals surface area contributed by atoms with Gasteiger partial charge in [0.05, 0.1) is 20.0 Å². The van der Waals surface area contributed by atoms with E-state index in [4.69, 9.17) is 0 Å². The number of aromatic hydroxyl groups is 1. The van der Waals surface area contributed by atoms with Crippen LogP contribution in [0.15, 0.2) is 39.3 Å². The third kappa shape index (κ3) is 3.50. The molecule has 0 spiro atoms. The number of benzene rings is 1. The number of nitrogens with one attached hydrogen (secondary N) is 2. The van der Waals surface area contributed by atoms with Crippen molar-refractivity contribution in [3.05, 3.63) is 57.4 Å². The quantitative estimate of drug-likeness (QED) is 0.583. The molecule has 5 nitrogen and oxygen atoms in total. The van der Waals surface area contributed by atoms with E-state index >= 15 is 0 Å². The molecular weight excluding hydrogens is 368 g/mol. The summed E-state index contributed by atoms with van der Waals surface area (Å²) < 4.78 is 1.34. The van der Waals surface area contributed by atoms with Crippen molar-refractivity contribution in [1.82, 2.24) is 10.3 Å². The van der Waals surface area contributed by atoms with Gasteiger partial charge in [-0.15, -0.1) is 23.1 Å². The molecular formula is C19H18N2O3S2. The number of aromatic nitrogens is 1. The van der Waals surface area contributed by atoms with E-state index in [1.807, 2.05) is 6.92 Å². The SMILES string of the molecule is Cc1ccc(CSc2sc3c(O)cc(=O)[nH]c3c2C(=O)NC2CC2)cc1. The maximum absolute atomic E-state index is 12.7. The summed E-state index contributed by atoms with van der Waals surface area (Å²) in [7, 11) is 0. The van der Waals surface area contributed by atoms with Crippen LogP contribution in [0.5, 0.6) is 5.75 Å². The fraction of sp³-hybridized carbons (Fsp3) is 0.263. The Morgan fingerprint density at radius 2 is 2.08 bits per heavy atom. The summed E-state index contributed by atoms with van der Waals surface area (Å²) in [4.78, 5) is 27.3. The first-order chi connectivity index (χ1) is 12.5. The molecule has 0 atom stereocenters. The lowest BCUT2D eigenvalue weighted by Gasteiger charge is -2.06. The Morgan fingerprint density at radius 1 is 1.35 bits per heavy atom. The lowest BCUT2D eigenvalue weighted by molar-refractivity contribution is 0.0950. The second-order valence-electron chi connectivity index (χ2n) is 6.51. The van der Waals surface area contributed by atoms with E-state index in [1.54, 1.807) is 11.8 Å². The van der Waals surface area contributed by atoms with Gasteiger partial charge in [-0.25, -0.2) is 0 Å². The van der Waals surface area contributed by atoms with Gasteiger partial charge in [0.25, 0.3) is 11.5 Å². The Balaban J connectivity index is 1.71. The number of carbonyl (C=O) groups excluding carboxylic acids is 1. The van der Waals surface area contributed by atoms with Crippen LogP contribution in [0.1, 0.15) is 34.3 Å². The molecule has 4 rings (SSSR count). The highest BCUT2D eigenvalue weighted by Crippen LogP contribution is 2.41. The first-order valence-electron chi connectivity index (χ1n) is 8.39. The summed E-state index contributed by atoms with van der Waals surface area (Å²) in [6.07, 6.45) is 1.98. The van der Waals surface area contributed by atoms with Crippen LogP contribution in [0.2, 0.25) is 0 Å². The van der Waals surface area contributed by atoms with Crippen molar-refractivity contribution in [2.45, 2.75) is 35.8 Å². The molecule has 0 unspecified atom stereocenters. The molecule has 134 valence electrons. The number of hydrogen-bond acceptors (Lipinski definition) is 5. The minimum absolute atomic E-state index is 0.0867. The molecule has 1 amide bonds. The van der Waals surface area contributed by atoms with Crippen molar-refractivity contribution in [3.63, 3.8) is 0 Å². The average Bonchev–Trinajstić information content (AvgIpc) is 3.32. The highest BCUT2D eigenvalue weighted by molar-refractivity contribution is 8.00. The lowest BCUT2D eigenvalue weighted by Crippen LogP contribution is -2.26. The van der Waals surface area contributed by atoms with Crippen molar-refractivity contribution in [1.29, 1.82) is 0 Å². The molecule has 7 heteroatoms. The molecule has 1 aliphatic carbocycles. The number of pyridine rings is 1. The topological polar surface area (TPSA) is 82.2 Å². The molecule has 2 heterocycles. The fourth-order valence-corrected chi connectivity index (χ4v) is 5.08. The zero-order valence-corrected chi connectivity index (χ0v) is 15.8. The van der Waals surface area contributed by atoms with Crippen LogP contribution in [0.3, 0.4) is 0 Å². The summed E-state index contributed by atoms with van der Waals surface area (Å²) in [6, 6.07) is 9.63. The van der Waals surface area contributed by atoms with Gasteiger partial charge in [0, 0.05) is 17.9 Å². The van der Waals surface area contributed by atoms with Gasteiger partial charge in [0.1, 0.15) is 5.75 Å². The van der Waals surface area contributed by atoms with E-state index in [0.717, 1.165) is 28.7 Å². The third-order valence-corrected chi connectivity index (χ3v) is 6.81. The van der Waals surface area contributed by atoms with Gasteiger partial charge in [0.2, 0.25) is 0 Å². The van der Waals surface area contributed by atoms with Crippen molar-refractivity contribution in [2.75, 3.05) is 0 Å². The molecule has 0 aliphatic heterocycles. The summed E-state index contributed by atoms with van der Waals surface area (Å²) in [5.74, 6) is 0.435. The van der Waals surface area contributed by atoms with Crippen LogP contribution in [-0.2, 0) is 5.75 Å². The first-order valence-corrected chi connectivity index (χ1v) is 10.2. The second kappa shape index (κ2) is 6.81. The van der Waals surface area contributed by atoms with E-state index in [9.17, 15) is 14.7 Å². The Bertz CT molecular complexity index is 1030. The first kappa shape index (κ1) is 17.2. The van der Waals surface area contributed by atoms with E-state index in [-0.39, 0.29) is 17.7 Å². The van der Waals surface area contributed by atoms with Crippen LogP contribution in [0.4, 0.5) is 0 Å². The maximum atomic E-state index is 12.7. The number of amides is 1. The number of aryl methyl sites for hydroxylation is 1. The lowest BCUT2D eigenvalue weighted by atomic mass is 10.2. The molecule has 0 radical (unpaired) electrons. The smallest absolute Gasteiger partial charge is 0.255 e. The fourth-order valence-electron chi connectivity index (χ4n) is 2.69. The number of carbonyl (C=O) groups is 1. The summed E-state index contributed by atoms with van der Waals surface area (Å²) in [5, 5.41) is 13.1. The van der Waals surface area contributed by atoms with Gasteiger partial charge < -0.3 is 15.4 Å². The number of thiophene rings is 1. The number of hydrogen-bond donors (Lipinski definition) is 3. The molecule has 3 N–H and O–H groups in total. The Kier molecular flexibility index (Phi) is 4.50. The van der Waals surface area contributed by atoms with E-state index in [1.165, 1.54) is 16.9 Å². The standard InChI is InChI=1S/C19H18N2O3S2/c1-10-2-4-11(5-3-10)9-25-19-15(18(24)20-12-6-7-12)16-17(26-19)13(22)8-14(23)21-16/h2-5,8,12H,6-7,9H2,1H3,(H,20,24)(H2,21,22,23). The van der Waals surface area contributed by atoms with Crippen molar-refractivity contribution < 1.29 is 9.90 Å². The van der Waals surface area contributed by atoms with Gasteiger partial charge in [-0.05, 0) is 25.3 Å². The van der Waals surface area contributed by atoms with Gasteiger partial charge in [-0.2, -0.15) is 0 Å². The highest BCUT2D eigenvalue weighted by Gasteiger charge is 2.28. The van der Waals surface area contributed by atoms with Crippen LogP contribution in [0.25, 0.3) is 10.2 Å². The van der Waals surface area contributed by atoms with Crippen LogP contribution >= 0.6 is 23.1 Å². The van der Waals surface area contributed by atoms with Crippen molar-refractivity contribution in [2.24, 2.45) is 0 Å². The molecule has 26 heavy (non-hydrogen) atoms. The van der Waals surface area contributed by atoms with Gasteiger partial charge in [-0.1, -0.05) is 29.8 Å². The molecule has 2 aromatic heterocycles. The van der Waals surface area contributed by atoms with Gasteiger partial charge in [0.15, 0.2) is 0 Å². The number of fused-ring (bicyclic) bond motifs is 1. The van der Waals surface area contributed by atoms with E-state index in [2.05, 4.69) is 34.6 Å². The van der Waals surface area contributed by atoms with Gasteiger partial charge >= 0.3 is 0 Å². The zero-order chi connectivity index (χ0) is 18.3. The number of rotatable bonds is 5. The van der Waals surface area contributed by atoms with Crippen LogP contribution in [0, 0.1) is 6.92 Å². The molecule has 0 saturated heterocycles. The molecule has 3 aromatic rings. The number of aromatic amines is 1. The molecule has 1 aliphatic rings. The van der Waals surface area contributed by atoms with Crippen molar-refractivity contribution >= 4 is 39.2 Å². The molecule has 1 saturated carbocycles. The summed E-state index contributed by atoms with van der Waals surface area (Å²) >= 11 is 2.89. The molecule has 0 bridgehead atoms. The third-order valence-electron chi connectivity index (χ3n) is 4.25. The zero-order valence-electron chi connectivity index (χ0n) is 14.2. The van der Waals surface area contributed by atoms with E-state index < -0.39 is 5.56 Å².